The first kappa shape index (κ1) is 14.5. The van der Waals surface area contributed by atoms with Crippen LogP contribution in [0.15, 0.2) is 35.8 Å². The maximum atomic E-state index is 13.8. The van der Waals surface area contributed by atoms with E-state index in [1.54, 1.807) is 12.1 Å². The number of nitrogens with one attached hydrogen (secondary N) is 2. The van der Waals surface area contributed by atoms with E-state index in [1.807, 2.05) is 6.07 Å². The predicted octanol–water partition coefficient (Wildman–Crippen LogP) is 3.59. The summed E-state index contributed by atoms with van der Waals surface area (Å²) in [5.74, 6) is 0.963. The summed E-state index contributed by atoms with van der Waals surface area (Å²) in [5, 5.41) is 10.4. The highest BCUT2D eigenvalue weighted by Crippen LogP contribution is 2.31. The van der Waals surface area contributed by atoms with E-state index in [1.165, 1.54) is 6.07 Å². The van der Waals surface area contributed by atoms with Crippen LogP contribution in [0.25, 0.3) is 5.70 Å². The highest BCUT2D eigenvalue weighted by Gasteiger charge is 2.22. The second kappa shape index (κ2) is 5.75. The molecule has 1 aromatic carbocycles. The minimum Gasteiger partial charge on any atom is -0.342 e. The van der Waals surface area contributed by atoms with Crippen molar-refractivity contribution in [3.8, 4) is 0 Å². The minimum absolute atomic E-state index is 0.224. The van der Waals surface area contributed by atoms with Gasteiger partial charge in [-0.05, 0) is 24.0 Å². The molecule has 114 valence electrons. The fraction of sp³-hybridized carbons (Fsp3) is 0.294. The van der Waals surface area contributed by atoms with Crippen molar-refractivity contribution in [1.29, 1.82) is 0 Å². The van der Waals surface area contributed by atoms with Crippen molar-refractivity contribution in [2.45, 2.75) is 26.7 Å². The molecular weight excluding hydrogens is 279 g/mol. The number of aromatic amines is 1. The number of aliphatic imine (C=N–C) groups is 1. The number of aromatic nitrogens is 2. The summed E-state index contributed by atoms with van der Waals surface area (Å²) in [7, 11) is 0. The third-order valence-electron chi connectivity index (χ3n) is 3.57. The third-order valence-corrected chi connectivity index (χ3v) is 3.57. The molecule has 0 amide bonds. The molecule has 22 heavy (non-hydrogen) atoms. The Morgan fingerprint density at radius 2 is 2.05 bits per heavy atom. The van der Waals surface area contributed by atoms with Crippen molar-refractivity contribution in [2.24, 2.45) is 10.9 Å². The average molecular weight is 298 g/mol. The maximum Gasteiger partial charge on any atom is 0.134 e. The smallest absolute Gasteiger partial charge is 0.134 e. The maximum absolute atomic E-state index is 13.8. The van der Waals surface area contributed by atoms with Crippen LogP contribution < -0.4 is 5.32 Å². The van der Waals surface area contributed by atoms with Crippen molar-refractivity contribution in [2.75, 3.05) is 0 Å². The molecule has 0 unspecified atom stereocenters. The van der Waals surface area contributed by atoms with Crippen LogP contribution in [-0.4, -0.2) is 16.0 Å². The van der Waals surface area contributed by atoms with Gasteiger partial charge in [-0.15, -0.1) is 0 Å². The van der Waals surface area contributed by atoms with Crippen LogP contribution in [0.1, 0.15) is 30.8 Å². The quantitative estimate of drug-likeness (QED) is 0.906. The molecule has 0 radical (unpaired) electrons. The van der Waals surface area contributed by atoms with Crippen LogP contribution in [0.5, 0.6) is 0 Å². The Bertz CT molecular complexity index is 743. The molecule has 0 aliphatic carbocycles. The third kappa shape index (κ3) is 2.79. The molecule has 2 heterocycles. The van der Waals surface area contributed by atoms with E-state index in [2.05, 4.69) is 40.9 Å². The van der Waals surface area contributed by atoms with E-state index < -0.39 is 0 Å². The molecule has 0 saturated carbocycles. The van der Waals surface area contributed by atoms with Gasteiger partial charge in [0.05, 0.1) is 11.4 Å². The molecule has 0 saturated heterocycles. The zero-order valence-corrected chi connectivity index (χ0v) is 12.8. The standard InChI is InChI=1S/C17H19FN4/c1-10(2)8-14-17-16(22-21-14)11(3)19-15(20-17)9-12-6-4-5-7-13(12)18/h4-7,10H,3,8-9H2,1-2H3,(H,19,20)(H,21,22). The van der Waals surface area contributed by atoms with Gasteiger partial charge in [0, 0.05) is 6.42 Å². The van der Waals surface area contributed by atoms with Crippen LogP contribution in [0, 0.1) is 11.7 Å². The number of hydrogen-bond donors (Lipinski definition) is 2. The van der Waals surface area contributed by atoms with Crippen LogP contribution in [0.2, 0.25) is 0 Å². The van der Waals surface area contributed by atoms with Gasteiger partial charge in [-0.2, -0.15) is 5.10 Å². The lowest BCUT2D eigenvalue weighted by Gasteiger charge is -2.17. The van der Waals surface area contributed by atoms with E-state index in [0.717, 1.165) is 23.5 Å². The lowest BCUT2D eigenvalue weighted by Crippen LogP contribution is -2.26. The SMILES string of the molecule is C=C1NC(Cc2ccccc2F)=Nc2c1n[nH]c2CC(C)C. The highest BCUT2D eigenvalue weighted by atomic mass is 19.1. The molecule has 1 aromatic heterocycles. The van der Waals surface area contributed by atoms with E-state index >= 15 is 0 Å². The summed E-state index contributed by atoms with van der Waals surface area (Å²) in [6, 6.07) is 6.73. The summed E-state index contributed by atoms with van der Waals surface area (Å²) in [4.78, 5) is 4.63. The molecule has 2 aromatic rings. The average Bonchev–Trinajstić information content (AvgIpc) is 2.84. The molecule has 0 bridgehead atoms. The topological polar surface area (TPSA) is 53.1 Å². The van der Waals surface area contributed by atoms with Gasteiger partial charge in [-0.3, -0.25) is 5.10 Å². The van der Waals surface area contributed by atoms with Crippen molar-refractivity contribution in [3.05, 3.63) is 53.6 Å². The second-order valence-electron chi connectivity index (χ2n) is 5.93. The Morgan fingerprint density at radius 1 is 1.27 bits per heavy atom. The monoisotopic (exact) mass is 298 g/mol. The first-order chi connectivity index (χ1) is 10.5. The van der Waals surface area contributed by atoms with Crippen molar-refractivity contribution >= 4 is 17.2 Å². The van der Waals surface area contributed by atoms with Crippen LogP contribution in [-0.2, 0) is 12.8 Å². The summed E-state index contributed by atoms with van der Waals surface area (Å²) in [6.07, 6.45) is 1.27. The number of fused-ring (bicyclic) bond motifs is 1. The molecule has 4 nitrogen and oxygen atoms in total. The van der Waals surface area contributed by atoms with Crippen molar-refractivity contribution in [3.63, 3.8) is 0 Å². The Balaban J connectivity index is 1.93. The van der Waals surface area contributed by atoms with E-state index in [9.17, 15) is 4.39 Å². The number of nitrogens with zero attached hydrogens (tertiary/aromatic N) is 2. The molecule has 0 atom stereocenters. The van der Waals surface area contributed by atoms with Gasteiger partial charge in [-0.1, -0.05) is 38.6 Å². The predicted molar refractivity (Wildman–Crippen MR) is 86.5 cm³/mol. The number of benzene rings is 1. The Hall–Kier alpha value is -2.43. The molecular formula is C17H19FN4. The lowest BCUT2D eigenvalue weighted by molar-refractivity contribution is 0.615. The van der Waals surface area contributed by atoms with Gasteiger partial charge in [0.1, 0.15) is 23.0 Å². The Morgan fingerprint density at radius 3 is 2.77 bits per heavy atom. The van der Waals surface area contributed by atoms with E-state index in [4.69, 9.17) is 0 Å². The van der Waals surface area contributed by atoms with Crippen molar-refractivity contribution in [1.82, 2.24) is 15.5 Å². The van der Waals surface area contributed by atoms with E-state index in [-0.39, 0.29) is 5.82 Å². The summed E-state index contributed by atoms with van der Waals surface area (Å²) < 4.78 is 13.8. The zero-order chi connectivity index (χ0) is 15.7. The van der Waals surface area contributed by atoms with E-state index in [0.29, 0.717) is 29.4 Å². The second-order valence-corrected chi connectivity index (χ2v) is 5.93. The van der Waals surface area contributed by atoms with Gasteiger partial charge >= 0.3 is 0 Å². The number of hydrogen-bond acceptors (Lipinski definition) is 3. The van der Waals surface area contributed by atoms with Crippen LogP contribution in [0.4, 0.5) is 10.1 Å². The minimum atomic E-state index is -0.224. The van der Waals surface area contributed by atoms with Gasteiger partial charge < -0.3 is 5.32 Å². The molecule has 1 aliphatic rings. The Kier molecular flexibility index (Phi) is 3.79. The first-order valence-electron chi connectivity index (χ1n) is 7.39. The van der Waals surface area contributed by atoms with Gasteiger partial charge in [0.25, 0.3) is 0 Å². The summed E-state index contributed by atoms with van der Waals surface area (Å²) >= 11 is 0. The normalized spacial score (nSPS) is 13.8. The summed E-state index contributed by atoms with van der Waals surface area (Å²) in [5.41, 5.74) is 3.87. The molecule has 5 heteroatoms. The van der Waals surface area contributed by atoms with Gasteiger partial charge in [0.15, 0.2) is 0 Å². The molecule has 0 spiro atoms. The molecule has 0 fully saturated rings. The molecule has 2 N–H and O–H groups in total. The largest absolute Gasteiger partial charge is 0.342 e. The Labute approximate surface area is 129 Å². The summed E-state index contributed by atoms with van der Waals surface area (Å²) in [6.45, 7) is 8.29. The fourth-order valence-electron chi connectivity index (χ4n) is 2.56. The zero-order valence-electron chi connectivity index (χ0n) is 12.8. The number of halogens is 1. The van der Waals surface area contributed by atoms with Gasteiger partial charge in [0.2, 0.25) is 0 Å². The molecule has 1 aliphatic heterocycles. The molecule has 3 rings (SSSR count). The van der Waals surface area contributed by atoms with Gasteiger partial charge in [-0.25, -0.2) is 9.38 Å². The highest BCUT2D eigenvalue weighted by molar-refractivity contribution is 5.98. The van der Waals surface area contributed by atoms with Crippen LogP contribution >= 0.6 is 0 Å². The van der Waals surface area contributed by atoms with Crippen molar-refractivity contribution < 1.29 is 4.39 Å². The number of rotatable bonds is 4. The lowest BCUT2D eigenvalue weighted by atomic mass is 10.0. The fourth-order valence-corrected chi connectivity index (χ4v) is 2.56. The number of amidine groups is 1. The number of H-pyrrole nitrogens is 1. The van der Waals surface area contributed by atoms with Crippen LogP contribution in [0.3, 0.4) is 0 Å². The first-order valence-corrected chi connectivity index (χ1v) is 7.39.